The van der Waals surface area contributed by atoms with Crippen molar-refractivity contribution in [1.29, 1.82) is 0 Å². The van der Waals surface area contributed by atoms with Crippen molar-refractivity contribution < 1.29 is 4.79 Å². The van der Waals surface area contributed by atoms with Crippen molar-refractivity contribution in [3.05, 3.63) is 66.5 Å². The Balaban J connectivity index is 1.61. The molecule has 27 heavy (non-hydrogen) atoms. The summed E-state index contributed by atoms with van der Waals surface area (Å²) in [7, 11) is 0. The van der Waals surface area contributed by atoms with E-state index in [0.717, 1.165) is 22.2 Å². The molecule has 1 amide bonds. The number of benzene rings is 1. The maximum atomic E-state index is 12.6. The largest absolute Gasteiger partial charge is 0.383 e. The molecule has 3 aromatic rings. The van der Waals surface area contributed by atoms with Gasteiger partial charge in [0.2, 0.25) is 5.91 Å². The molecule has 1 unspecified atom stereocenters. The average molecular weight is 355 g/mol. The number of rotatable bonds is 3. The van der Waals surface area contributed by atoms with Gasteiger partial charge in [0, 0.05) is 18.3 Å². The third-order valence-corrected chi connectivity index (χ3v) is 4.25. The minimum absolute atomic E-state index is 0.167. The first-order valence-corrected chi connectivity index (χ1v) is 8.54. The zero-order valence-corrected chi connectivity index (χ0v) is 14.4. The number of hydrogen-bond donors (Lipinski definition) is 3. The van der Waals surface area contributed by atoms with Crippen LogP contribution in [0.5, 0.6) is 0 Å². The van der Waals surface area contributed by atoms with Crippen molar-refractivity contribution >= 4 is 33.9 Å². The monoisotopic (exact) mass is 355 g/mol. The molecule has 0 bridgehead atoms. The number of hydrogen-bond acceptors (Lipinski definition) is 4. The summed E-state index contributed by atoms with van der Waals surface area (Å²) in [4.78, 5) is 16.7. The normalized spacial score (nSPS) is 19.1. The third-order valence-electron chi connectivity index (χ3n) is 4.25. The second-order valence-electron chi connectivity index (χ2n) is 6.07. The lowest BCUT2D eigenvalue weighted by molar-refractivity contribution is -0.117. The molecule has 4 N–H and O–H groups in total. The van der Waals surface area contributed by atoms with Gasteiger partial charge < -0.3 is 11.1 Å². The van der Waals surface area contributed by atoms with E-state index in [2.05, 4.69) is 32.3 Å². The molecule has 1 atom stereocenters. The number of amides is 1. The Kier molecular flexibility index (Phi) is 4.42. The predicted molar refractivity (Wildman–Crippen MR) is 106 cm³/mol. The highest BCUT2D eigenvalue weighted by Crippen LogP contribution is 2.28. The van der Waals surface area contributed by atoms with Gasteiger partial charge >= 0.3 is 0 Å². The van der Waals surface area contributed by atoms with Gasteiger partial charge in [-0.15, -0.1) is 0 Å². The van der Waals surface area contributed by atoms with Crippen molar-refractivity contribution in [3.63, 3.8) is 0 Å². The zero-order valence-electron chi connectivity index (χ0n) is 14.4. The molecular formula is C21H17N5O. The molecule has 2 heterocycles. The summed E-state index contributed by atoms with van der Waals surface area (Å²) < 4.78 is 0. The second kappa shape index (κ2) is 7.18. The molecule has 1 aromatic carbocycles. The molecule has 0 saturated carbocycles. The van der Waals surface area contributed by atoms with Crippen LogP contribution in [0.25, 0.3) is 16.5 Å². The topological polar surface area (TPSA) is 96.7 Å². The van der Waals surface area contributed by atoms with E-state index in [0.29, 0.717) is 17.9 Å². The Morgan fingerprint density at radius 3 is 2.96 bits per heavy atom. The van der Waals surface area contributed by atoms with Crippen LogP contribution in [-0.2, 0) is 4.79 Å². The van der Waals surface area contributed by atoms with E-state index in [4.69, 9.17) is 5.73 Å². The first-order chi connectivity index (χ1) is 13.2. The van der Waals surface area contributed by atoms with E-state index < -0.39 is 5.92 Å². The van der Waals surface area contributed by atoms with Gasteiger partial charge in [-0.3, -0.25) is 9.89 Å². The Morgan fingerprint density at radius 2 is 2.11 bits per heavy atom. The second-order valence-corrected chi connectivity index (χ2v) is 6.07. The number of pyridine rings is 1. The number of nitrogens with one attached hydrogen (secondary N) is 2. The van der Waals surface area contributed by atoms with Crippen molar-refractivity contribution in [2.45, 2.75) is 6.42 Å². The highest BCUT2D eigenvalue weighted by Gasteiger charge is 2.16. The van der Waals surface area contributed by atoms with Crippen LogP contribution in [0.2, 0.25) is 0 Å². The molecule has 0 radical (unpaired) electrons. The quantitative estimate of drug-likeness (QED) is 0.629. The van der Waals surface area contributed by atoms with E-state index >= 15 is 0 Å². The molecule has 1 aliphatic rings. The molecule has 6 nitrogen and oxygen atoms in total. The zero-order chi connectivity index (χ0) is 18.6. The highest BCUT2D eigenvalue weighted by molar-refractivity contribution is 6.00. The van der Waals surface area contributed by atoms with Crippen LogP contribution in [0.1, 0.15) is 12.1 Å². The van der Waals surface area contributed by atoms with Gasteiger partial charge in [0.05, 0.1) is 10.9 Å². The average Bonchev–Trinajstić information content (AvgIpc) is 3.08. The molecule has 0 aliphatic heterocycles. The maximum absolute atomic E-state index is 12.6. The fraction of sp³-hybridized carbons (Fsp3) is 0.0952. The summed E-state index contributed by atoms with van der Waals surface area (Å²) in [6, 6.07) is 11.2. The van der Waals surface area contributed by atoms with Gasteiger partial charge in [-0.1, -0.05) is 48.3 Å². The standard InChI is InChI=1S/C21H17N5O/c22-20-18-17(12-13-23-20)25-26-19(18)14-6-4-5-7-15(11-10-14)21(27)24-16-8-2-1-3-9-16/h1-3,6,8-13,15H,4H2,(H2,22,23)(H,24,27)(H,25,26)/b11-10-,14-6+. The third kappa shape index (κ3) is 3.44. The van der Waals surface area contributed by atoms with E-state index in [1.165, 1.54) is 0 Å². The number of nitrogens with two attached hydrogens (primary N) is 1. The molecule has 4 rings (SSSR count). The number of carbonyl (C=O) groups excluding carboxylic acids is 1. The molecule has 6 heteroatoms. The molecule has 2 aromatic heterocycles. The van der Waals surface area contributed by atoms with Crippen molar-refractivity contribution in [2.24, 2.45) is 5.92 Å². The number of aromatic amines is 1. The Bertz CT molecular complexity index is 1120. The number of nitrogens with zero attached hydrogens (tertiary/aromatic N) is 2. The molecule has 0 saturated heterocycles. The van der Waals surface area contributed by atoms with Crippen LogP contribution in [0.15, 0.2) is 60.8 Å². The van der Waals surface area contributed by atoms with Gasteiger partial charge in [0.1, 0.15) is 17.4 Å². The molecule has 1 aliphatic carbocycles. The Labute approximate surface area is 156 Å². The van der Waals surface area contributed by atoms with Crippen molar-refractivity contribution in [2.75, 3.05) is 11.1 Å². The van der Waals surface area contributed by atoms with Gasteiger partial charge in [-0.25, -0.2) is 4.98 Å². The summed E-state index contributed by atoms with van der Waals surface area (Å²) in [5, 5.41) is 11.0. The predicted octanol–water partition coefficient (Wildman–Crippen LogP) is 3.14. The summed E-state index contributed by atoms with van der Waals surface area (Å²) in [5.41, 5.74) is 9.15. The first-order valence-electron chi connectivity index (χ1n) is 8.54. The van der Waals surface area contributed by atoms with Crippen molar-refractivity contribution in [1.82, 2.24) is 15.2 Å². The smallest absolute Gasteiger partial charge is 0.243 e. The maximum Gasteiger partial charge on any atom is 0.243 e. The van der Waals surface area contributed by atoms with Crippen LogP contribution in [-0.4, -0.2) is 21.1 Å². The van der Waals surface area contributed by atoms with Gasteiger partial charge in [-0.05, 0) is 23.8 Å². The van der Waals surface area contributed by atoms with E-state index in [1.54, 1.807) is 12.3 Å². The molecule has 132 valence electrons. The lowest BCUT2D eigenvalue weighted by atomic mass is 10.0. The van der Waals surface area contributed by atoms with Crippen LogP contribution in [0.3, 0.4) is 0 Å². The summed E-state index contributed by atoms with van der Waals surface area (Å²) in [6.07, 6.45) is 7.77. The van der Waals surface area contributed by atoms with Crippen LogP contribution in [0, 0.1) is 17.8 Å². The van der Waals surface area contributed by atoms with Gasteiger partial charge in [0.25, 0.3) is 0 Å². The van der Waals surface area contributed by atoms with Crippen LogP contribution >= 0.6 is 0 Å². The number of para-hydroxylation sites is 1. The van der Waals surface area contributed by atoms with E-state index in [9.17, 15) is 4.79 Å². The minimum Gasteiger partial charge on any atom is -0.383 e. The fourth-order valence-electron chi connectivity index (χ4n) is 2.92. The Morgan fingerprint density at radius 1 is 1.26 bits per heavy atom. The number of carbonyl (C=O) groups is 1. The van der Waals surface area contributed by atoms with E-state index in [-0.39, 0.29) is 5.91 Å². The van der Waals surface area contributed by atoms with Gasteiger partial charge in [-0.2, -0.15) is 5.10 Å². The first kappa shape index (κ1) is 16.6. The fourth-order valence-corrected chi connectivity index (χ4v) is 2.92. The van der Waals surface area contributed by atoms with Gasteiger partial charge in [0.15, 0.2) is 0 Å². The molecule has 0 spiro atoms. The highest BCUT2D eigenvalue weighted by atomic mass is 16.1. The summed E-state index contributed by atoms with van der Waals surface area (Å²) >= 11 is 0. The number of allylic oxidation sites excluding steroid dienone is 3. The van der Waals surface area contributed by atoms with Crippen molar-refractivity contribution in [3.8, 4) is 11.8 Å². The summed E-state index contributed by atoms with van der Waals surface area (Å²) in [6.45, 7) is 0. The number of nitrogen functional groups attached to an aromatic ring is 1. The lowest BCUT2D eigenvalue weighted by Gasteiger charge is -2.09. The SMILES string of the molecule is Nc1nccc2[nH]nc(C3=C/CC#CC(C(=O)Nc4ccccc4)/C=C\3)c12. The minimum atomic E-state index is -0.547. The number of H-pyrrole nitrogens is 1. The number of aromatic nitrogens is 3. The van der Waals surface area contributed by atoms with Crippen LogP contribution in [0.4, 0.5) is 11.5 Å². The number of anilines is 2. The van der Waals surface area contributed by atoms with E-state index in [1.807, 2.05) is 48.6 Å². The molecular weight excluding hydrogens is 338 g/mol. The van der Waals surface area contributed by atoms with Crippen LogP contribution < -0.4 is 11.1 Å². The summed E-state index contributed by atoms with van der Waals surface area (Å²) in [5.74, 6) is 5.73. The lowest BCUT2D eigenvalue weighted by Crippen LogP contribution is -2.20. The molecule has 0 fully saturated rings. The number of fused-ring (bicyclic) bond motifs is 1. The Hall–Kier alpha value is -3.85.